The number of nitrogens with two attached hydrogens (primary N) is 1. The molecule has 0 spiro atoms. The third kappa shape index (κ3) is 3.00. The standard InChI is InChI=1S/C15H28N4/c1-4-10-19-13(8-9-17-19)14(16)15(2,3)18-11-6-5-7-12-18/h8-9,14H,4-7,10-12,16H2,1-3H3. The minimum Gasteiger partial charge on any atom is -0.321 e. The lowest BCUT2D eigenvalue weighted by Crippen LogP contribution is -2.53. The van der Waals surface area contributed by atoms with E-state index in [2.05, 4.69) is 41.5 Å². The van der Waals surface area contributed by atoms with Gasteiger partial charge in [0, 0.05) is 18.3 Å². The van der Waals surface area contributed by atoms with E-state index < -0.39 is 0 Å². The molecule has 0 bridgehead atoms. The summed E-state index contributed by atoms with van der Waals surface area (Å²) in [5.74, 6) is 0. The lowest BCUT2D eigenvalue weighted by Gasteiger charge is -2.44. The molecule has 4 nitrogen and oxygen atoms in total. The summed E-state index contributed by atoms with van der Waals surface area (Å²) in [6, 6.07) is 2.09. The first-order chi connectivity index (χ1) is 9.07. The molecule has 0 radical (unpaired) electrons. The highest BCUT2D eigenvalue weighted by molar-refractivity contribution is 5.13. The van der Waals surface area contributed by atoms with Gasteiger partial charge >= 0.3 is 0 Å². The van der Waals surface area contributed by atoms with Crippen LogP contribution in [0.15, 0.2) is 12.3 Å². The Bertz CT molecular complexity index is 391. The van der Waals surface area contributed by atoms with Crippen LogP contribution in [0.4, 0.5) is 0 Å². The first-order valence-corrected chi connectivity index (χ1v) is 7.59. The molecular formula is C15H28N4. The van der Waals surface area contributed by atoms with Crippen molar-refractivity contribution in [1.82, 2.24) is 14.7 Å². The molecule has 2 N–H and O–H groups in total. The van der Waals surface area contributed by atoms with Crippen LogP contribution in [0, 0.1) is 0 Å². The van der Waals surface area contributed by atoms with Crippen LogP contribution in [0.3, 0.4) is 0 Å². The van der Waals surface area contributed by atoms with Gasteiger partial charge in [-0.2, -0.15) is 5.10 Å². The molecule has 2 heterocycles. The molecule has 1 unspecified atom stereocenters. The summed E-state index contributed by atoms with van der Waals surface area (Å²) >= 11 is 0. The van der Waals surface area contributed by atoms with Gasteiger partial charge in [0.25, 0.3) is 0 Å². The second kappa shape index (κ2) is 6.06. The van der Waals surface area contributed by atoms with Crippen LogP contribution in [0.5, 0.6) is 0 Å². The highest BCUT2D eigenvalue weighted by atomic mass is 15.3. The van der Waals surface area contributed by atoms with Gasteiger partial charge in [0.15, 0.2) is 0 Å². The zero-order valence-electron chi connectivity index (χ0n) is 12.6. The number of nitrogens with zero attached hydrogens (tertiary/aromatic N) is 3. The van der Waals surface area contributed by atoms with Gasteiger partial charge in [-0.05, 0) is 52.3 Å². The van der Waals surface area contributed by atoms with Crippen molar-refractivity contribution in [2.75, 3.05) is 13.1 Å². The van der Waals surface area contributed by atoms with Crippen molar-refractivity contribution in [1.29, 1.82) is 0 Å². The zero-order chi connectivity index (χ0) is 13.9. The summed E-state index contributed by atoms with van der Waals surface area (Å²) in [6.45, 7) is 10.0. The maximum Gasteiger partial charge on any atom is 0.0648 e. The van der Waals surface area contributed by atoms with Crippen LogP contribution in [-0.2, 0) is 6.54 Å². The van der Waals surface area contributed by atoms with E-state index in [1.165, 1.54) is 32.4 Å². The number of aromatic nitrogens is 2. The molecule has 1 aromatic heterocycles. The van der Waals surface area contributed by atoms with E-state index in [4.69, 9.17) is 5.73 Å². The Kier molecular flexibility index (Phi) is 4.63. The molecule has 1 saturated heterocycles. The summed E-state index contributed by atoms with van der Waals surface area (Å²) < 4.78 is 2.07. The van der Waals surface area contributed by atoms with Crippen molar-refractivity contribution in [2.45, 2.75) is 64.6 Å². The van der Waals surface area contributed by atoms with E-state index in [-0.39, 0.29) is 11.6 Å². The zero-order valence-corrected chi connectivity index (χ0v) is 12.6. The Morgan fingerprint density at radius 1 is 1.32 bits per heavy atom. The molecule has 19 heavy (non-hydrogen) atoms. The fraction of sp³-hybridized carbons (Fsp3) is 0.800. The van der Waals surface area contributed by atoms with Gasteiger partial charge in [-0.1, -0.05) is 13.3 Å². The largest absolute Gasteiger partial charge is 0.321 e. The molecule has 0 amide bonds. The Balaban J connectivity index is 2.16. The molecule has 108 valence electrons. The lowest BCUT2D eigenvalue weighted by molar-refractivity contribution is 0.0704. The van der Waals surface area contributed by atoms with Crippen molar-refractivity contribution in [3.8, 4) is 0 Å². The molecule has 2 rings (SSSR count). The van der Waals surface area contributed by atoms with Gasteiger partial charge in [-0.25, -0.2) is 0 Å². The van der Waals surface area contributed by atoms with Crippen molar-refractivity contribution in [3.05, 3.63) is 18.0 Å². The third-order valence-electron chi connectivity index (χ3n) is 4.44. The average molecular weight is 264 g/mol. The highest BCUT2D eigenvalue weighted by Gasteiger charge is 2.36. The van der Waals surface area contributed by atoms with Crippen molar-refractivity contribution >= 4 is 0 Å². The van der Waals surface area contributed by atoms with E-state index >= 15 is 0 Å². The molecular weight excluding hydrogens is 236 g/mol. The summed E-state index contributed by atoms with van der Waals surface area (Å²) in [7, 11) is 0. The summed E-state index contributed by atoms with van der Waals surface area (Å²) in [5, 5.41) is 4.40. The quantitative estimate of drug-likeness (QED) is 0.889. The first kappa shape index (κ1) is 14.5. The van der Waals surface area contributed by atoms with E-state index in [1.807, 2.05) is 6.20 Å². The van der Waals surface area contributed by atoms with Crippen LogP contribution in [0.2, 0.25) is 0 Å². The Labute approximate surface area is 117 Å². The summed E-state index contributed by atoms with van der Waals surface area (Å²) in [4.78, 5) is 2.55. The summed E-state index contributed by atoms with van der Waals surface area (Å²) in [5.41, 5.74) is 7.73. The molecule has 4 heteroatoms. The first-order valence-electron chi connectivity index (χ1n) is 7.59. The SMILES string of the molecule is CCCn1nccc1C(N)C(C)(C)N1CCCCC1. The molecule has 0 aliphatic carbocycles. The van der Waals surface area contributed by atoms with Crippen LogP contribution in [-0.4, -0.2) is 33.3 Å². The predicted molar refractivity (Wildman–Crippen MR) is 78.9 cm³/mol. The van der Waals surface area contributed by atoms with Gasteiger partial charge in [0.1, 0.15) is 0 Å². The maximum absolute atomic E-state index is 6.58. The van der Waals surface area contributed by atoms with Crippen molar-refractivity contribution in [3.63, 3.8) is 0 Å². The number of piperidine rings is 1. The van der Waals surface area contributed by atoms with E-state index in [0.29, 0.717) is 0 Å². The predicted octanol–water partition coefficient (Wildman–Crippen LogP) is 2.56. The maximum atomic E-state index is 6.58. The van der Waals surface area contributed by atoms with E-state index in [1.54, 1.807) is 0 Å². The molecule has 0 saturated carbocycles. The average Bonchev–Trinajstić information content (AvgIpc) is 2.87. The molecule has 1 aliphatic heterocycles. The molecule has 1 fully saturated rings. The number of aryl methyl sites for hydroxylation is 1. The number of likely N-dealkylation sites (tertiary alicyclic amines) is 1. The van der Waals surface area contributed by atoms with Crippen LogP contribution >= 0.6 is 0 Å². The Morgan fingerprint density at radius 3 is 2.63 bits per heavy atom. The van der Waals surface area contributed by atoms with E-state index in [0.717, 1.165) is 18.7 Å². The van der Waals surface area contributed by atoms with Gasteiger partial charge in [-0.3, -0.25) is 9.58 Å². The minimum absolute atomic E-state index is 0.00799. The van der Waals surface area contributed by atoms with Crippen molar-refractivity contribution < 1.29 is 0 Å². The Hall–Kier alpha value is -0.870. The topological polar surface area (TPSA) is 47.1 Å². The number of hydrogen-bond donors (Lipinski definition) is 1. The number of hydrogen-bond acceptors (Lipinski definition) is 3. The van der Waals surface area contributed by atoms with Gasteiger partial charge in [0.2, 0.25) is 0 Å². The monoisotopic (exact) mass is 264 g/mol. The van der Waals surface area contributed by atoms with Crippen molar-refractivity contribution in [2.24, 2.45) is 5.73 Å². The fourth-order valence-corrected chi connectivity index (χ4v) is 3.03. The van der Waals surface area contributed by atoms with E-state index in [9.17, 15) is 0 Å². The van der Waals surface area contributed by atoms with Crippen LogP contribution < -0.4 is 5.73 Å². The smallest absolute Gasteiger partial charge is 0.0648 e. The fourth-order valence-electron chi connectivity index (χ4n) is 3.03. The molecule has 0 aromatic carbocycles. The van der Waals surface area contributed by atoms with Crippen LogP contribution in [0.1, 0.15) is 58.2 Å². The lowest BCUT2D eigenvalue weighted by atomic mass is 9.88. The normalized spacial score (nSPS) is 19.6. The molecule has 1 atom stereocenters. The van der Waals surface area contributed by atoms with Gasteiger partial charge < -0.3 is 5.73 Å². The second-order valence-electron chi connectivity index (χ2n) is 6.16. The minimum atomic E-state index is -0.00799. The number of rotatable bonds is 5. The summed E-state index contributed by atoms with van der Waals surface area (Å²) in [6.07, 6.45) is 6.91. The highest BCUT2D eigenvalue weighted by Crippen LogP contribution is 2.31. The Morgan fingerprint density at radius 2 is 2.00 bits per heavy atom. The molecule has 1 aromatic rings. The van der Waals surface area contributed by atoms with Crippen LogP contribution in [0.25, 0.3) is 0 Å². The molecule has 1 aliphatic rings. The van der Waals surface area contributed by atoms with Gasteiger partial charge in [-0.15, -0.1) is 0 Å². The second-order valence-corrected chi connectivity index (χ2v) is 6.16. The third-order valence-corrected chi connectivity index (χ3v) is 4.44. The van der Waals surface area contributed by atoms with Gasteiger partial charge in [0.05, 0.1) is 11.7 Å².